The second-order valence-electron chi connectivity index (χ2n) is 0.0745. The number of hydrogen-bond donors (Lipinski definition) is 0. The van der Waals surface area contributed by atoms with E-state index in [1.54, 1.807) is 18.4 Å². The van der Waals surface area contributed by atoms with Crippen LogP contribution in [0.3, 0.4) is 0 Å². The second kappa shape index (κ2) is 15.7. The van der Waals surface area contributed by atoms with Crippen molar-refractivity contribution in [3.05, 3.63) is 0 Å². The van der Waals surface area contributed by atoms with Gasteiger partial charge in [0.15, 0.2) is 0 Å². The van der Waals surface area contributed by atoms with Crippen LogP contribution in [0.2, 0.25) is 0 Å². The standard InChI is InChI=1S/2Sb.Te2.Te/c;;1-2;. The summed E-state index contributed by atoms with van der Waals surface area (Å²) in [4.78, 5) is 0. The van der Waals surface area contributed by atoms with Crippen LogP contribution >= 0.6 is 0 Å². The van der Waals surface area contributed by atoms with Crippen LogP contribution in [-0.4, -0.2) is 84.0 Å². The predicted octanol–water partition coefficient (Wildman–Crippen LogP) is -1.90. The molecule has 0 aliphatic rings. The zero-order valence-corrected chi connectivity index (χ0v) is 14.2. The van der Waals surface area contributed by atoms with Gasteiger partial charge in [0.05, 0.1) is 0 Å². The quantitative estimate of drug-likeness (QED) is 0.276. The van der Waals surface area contributed by atoms with Gasteiger partial charge in [0.25, 0.3) is 0 Å². The van der Waals surface area contributed by atoms with Gasteiger partial charge in [-0.1, -0.05) is 0 Å². The SMILES string of the molecule is [Sb]=[Te].[Sb]=[Te]=[Te]. The van der Waals surface area contributed by atoms with Crippen LogP contribution in [0.25, 0.3) is 0 Å². The zero-order valence-electron chi connectivity index (χ0n) is 2.12. The topological polar surface area (TPSA) is 0 Å². The van der Waals surface area contributed by atoms with Crippen molar-refractivity contribution in [2.75, 3.05) is 0 Å². The third-order valence-corrected chi connectivity index (χ3v) is 0. The Morgan fingerprint density at radius 3 is 1.40 bits per heavy atom. The molecule has 0 nitrogen and oxygen atoms in total. The third-order valence-electron chi connectivity index (χ3n) is 0. The zero-order chi connectivity index (χ0) is 4.71. The van der Waals surface area contributed by atoms with Crippen molar-refractivity contribution in [1.82, 2.24) is 0 Å². The van der Waals surface area contributed by atoms with E-state index in [0.717, 1.165) is 0 Å². The molecule has 0 rings (SSSR count). The summed E-state index contributed by atoms with van der Waals surface area (Å²) in [5.41, 5.74) is 0. The third kappa shape index (κ3) is 18.0. The van der Waals surface area contributed by atoms with Crippen LogP contribution in [0.15, 0.2) is 0 Å². The molecular weight excluding hydrogens is 626 g/mol. The average Bonchev–Trinajstić information content (AvgIpc) is 1.46. The second-order valence-corrected chi connectivity index (χ2v) is 22.5. The molecule has 0 N–H and O–H groups in total. The molecule has 0 spiro atoms. The average molecular weight is 626 g/mol. The fraction of sp³-hybridized carbons (Fsp3) is 0. The van der Waals surface area contributed by atoms with E-state index in [0.29, 0.717) is 11.7 Å². The van der Waals surface area contributed by atoms with Crippen LogP contribution in [0.1, 0.15) is 0 Å². The Morgan fingerprint density at radius 1 is 1.40 bits per heavy atom. The van der Waals surface area contributed by atoms with Gasteiger partial charge < -0.3 is 0 Å². The normalized spacial score (nSPS) is 3.20. The number of hydrogen-bond acceptors (Lipinski definition) is 0. The molecule has 5 heavy (non-hydrogen) atoms. The van der Waals surface area contributed by atoms with Crippen molar-refractivity contribution < 1.29 is 0 Å². The molecule has 0 unspecified atom stereocenters. The van der Waals surface area contributed by atoms with Crippen LogP contribution in [0, 0.1) is 0 Å². The summed E-state index contributed by atoms with van der Waals surface area (Å²) >= 11 is 8.50. The van der Waals surface area contributed by atoms with Gasteiger partial charge in [-0.25, -0.2) is 0 Å². The molecule has 0 aromatic heterocycles. The maximum absolute atomic E-state index is 2.22. The Hall–Kier alpha value is 4.01. The molecule has 5 heteroatoms. The molecule has 0 aromatic rings. The van der Waals surface area contributed by atoms with Crippen molar-refractivity contribution in [2.24, 2.45) is 0 Å². The van der Waals surface area contributed by atoms with Crippen LogP contribution in [0.4, 0.5) is 0 Å². The van der Waals surface area contributed by atoms with E-state index < -0.39 is 0 Å². The van der Waals surface area contributed by atoms with E-state index in [-0.39, 0.29) is 0 Å². The molecule has 0 aliphatic carbocycles. The monoisotopic (exact) mass is 632 g/mol. The summed E-state index contributed by atoms with van der Waals surface area (Å²) < 4.78 is 0. The van der Waals surface area contributed by atoms with Crippen LogP contribution < -0.4 is 0 Å². The van der Waals surface area contributed by atoms with E-state index >= 15 is 0 Å². The Labute approximate surface area is 81.2 Å². The van der Waals surface area contributed by atoms with Gasteiger partial charge in [0.1, 0.15) is 0 Å². The van der Waals surface area contributed by atoms with Crippen molar-refractivity contribution in [2.45, 2.75) is 0 Å². The molecule has 0 bridgehead atoms. The van der Waals surface area contributed by atoms with Gasteiger partial charge in [-0.05, 0) is 0 Å². The summed E-state index contributed by atoms with van der Waals surface area (Å²) in [6, 6.07) is 0. The van der Waals surface area contributed by atoms with Gasteiger partial charge in [0, 0.05) is 0 Å². The minimum atomic E-state index is 0.530. The summed E-state index contributed by atoms with van der Waals surface area (Å²) in [6.45, 7) is 0. The first kappa shape index (κ1) is 11.8. The van der Waals surface area contributed by atoms with Crippen molar-refractivity contribution >= 4 is 84.0 Å². The van der Waals surface area contributed by atoms with E-state index in [2.05, 4.69) is 17.8 Å². The fourth-order valence-corrected chi connectivity index (χ4v) is 0. The summed E-state index contributed by atoms with van der Waals surface area (Å²) in [5, 5.41) is 0. The Morgan fingerprint density at radius 2 is 1.40 bits per heavy atom. The van der Waals surface area contributed by atoms with E-state index in [4.69, 9.17) is 0 Å². The van der Waals surface area contributed by atoms with E-state index in [1.165, 1.54) is 0 Å². The summed E-state index contributed by atoms with van der Waals surface area (Å²) in [7, 11) is 0. The fourth-order valence-electron chi connectivity index (χ4n) is 0. The molecule has 0 saturated heterocycles. The molecule has 0 heterocycles. The van der Waals surface area contributed by atoms with Gasteiger partial charge in [-0.15, -0.1) is 0 Å². The molecule has 28 valence electrons. The molecule has 0 aromatic carbocycles. The van der Waals surface area contributed by atoms with E-state index in [9.17, 15) is 0 Å². The van der Waals surface area contributed by atoms with Gasteiger partial charge in [0.2, 0.25) is 0 Å². The first-order chi connectivity index (χ1) is 2.41. The number of rotatable bonds is 0. The van der Waals surface area contributed by atoms with Crippen molar-refractivity contribution in [3.63, 3.8) is 0 Å². The molecule has 2 radical (unpaired) electrons. The van der Waals surface area contributed by atoms with Crippen molar-refractivity contribution in [1.29, 1.82) is 0 Å². The first-order valence-corrected chi connectivity index (χ1v) is 23.9. The first-order valence-electron chi connectivity index (χ1n) is 0.532. The van der Waals surface area contributed by atoms with Gasteiger partial charge in [-0.2, -0.15) is 0 Å². The minimum absolute atomic E-state index is 0.530. The van der Waals surface area contributed by atoms with Crippen LogP contribution in [0.5, 0.6) is 0 Å². The predicted molar refractivity (Wildman–Crippen MR) is 28.8 cm³/mol. The maximum atomic E-state index is 2.22. The van der Waals surface area contributed by atoms with Crippen molar-refractivity contribution in [3.8, 4) is 0 Å². The molecule has 0 aliphatic heterocycles. The summed E-state index contributed by atoms with van der Waals surface area (Å²) in [6.07, 6.45) is 0. The Bertz CT molecular complexity index is 34.2. The Balaban J connectivity index is 0. The molecule has 0 saturated carbocycles. The molecular formula is Sb2Te3. The molecule has 0 fully saturated rings. The van der Waals surface area contributed by atoms with Crippen LogP contribution in [-0.2, 0) is 0 Å². The Kier molecular flexibility index (Phi) is 36.9. The summed E-state index contributed by atoms with van der Waals surface area (Å²) in [5.74, 6) is 0. The van der Waals surface area contributed by atoms with Gasteiger partial charge in [-0.3, -0.25) is 0 Å². The van der Waals surface area contributed by atoms with Gasteiger partial charge >= 0.3 is 84.0 Å². The molecule has 0 amide bonds. The van der Waals surface area contributed by atoms with E-state index in [1.807, 2.05) is 36.0 Å². The molecule has 0 atom stereocenters.